The minimum absolute atomic E-state index is 0.0435. The summed E-state index contributed by atoms with van der Waals surface area (Å²) in [5.74, 6) is -0.110. The van der Waals surface area contributed by atoms with Gasteiger partial charge in [0.1, 0.15) is 6.04 Å². The zero-order valence-corrected chi connectivity index (χ0v) is 11.6. The number of rotatable bonds is 4. The highest BCUT2D eigenvalue weighted by atomic mass is 35.5. The number of benzene rings is 1. The molecule has 0 spiro atoms. The van der Waals surface area contributed by atoms with Crippen molar-refractivity contribution in [1.29, 1.82) is 0 Å². The van der Waals surface area contributed by atoms with Gasteiger partial charge < -0.3 is 10.2 Å². The molecule has 1 aliphatic rings. The van der Waals surface area contributed by atoms with Crippen molar-refractivity contribution in [2.24, 2.45) is 0 Å². The number of carbonyl (C=O) groups excluding carboxylic acids is 2. The molecule has 1 heterocycles. The molecule has 1 saturated heterocycles. The summed E-state index contributed by atoms with van der Waals surface area (Å²) in [5.41, 5.74) is 0.941. The largest absolute Gasteiger partial charge is 0.345 e. The van der Waals surface area contributed by atoms with Crippen molar-refractivity contribution in [3.63, 3.8) is 0 Å². The SMILES string of the molecule is CCCC1C(=O)NCC(=O)N1Cc1cccc(Cl)c1. The van der Waals surface area contributed by atoms with Crippen LogP contribution in [0.15, 0.2) is 24.3 Å². The lowest BCUT2D eigenvalue weighted by atomic mass is 10.1. The molecule has 1 N–H and O–H groups in total. The molecule has 1 aromatic rings. The van der Waals surface area contributed by atoms with E-state index in [1.165, 1.54) is 0 Å². The molecule has 102 valence electrons. The Kier molecular flexibility index (Phi) is 4.43. The number of carbonyl (C=O) groups is 2. The Morgan fingerprint density at radius 2 is 2.21 bits per heavy atom. The fourth-order valence-electron chi connectivity index (χ4n) is 2.29. The highest BCUT2D eigenvalue weighted by Crippen LogP contribution is 2.18. The van der Waals surface area contributed by atoms with E-state index in [1.54, 1.807) is 11.0 Å². The number of halogens is 1. The first-order chi connectivity index (χ1) is 9.11. The van der Waals surface area contributed by atoms with Crippen LogP contribution in [0.5, 0.6) is 0 Å². The number of piperazine rings is 1. The Labute approximate surface area is 117 Å². The van der Waals surface area contributed by atoms with Gasteiger partial charge in [0.2, 0.25) is 11.8 Å². The zero-order valence-electron chi connectivity index (χ0n) is 10.9. The van der Waals surface area contributed by atoms with Gasteiger partial charge in [0.15, 0.2) is 0 Å². The molecule has 0 aliphatic carbocycles. The number of amides is 2. The van der Waals surface area contributed by atoms with Gasteiger partial charge in [-0.2, -0.15) is 0 Å². The Morgan fingerprint density at radius 1 is 1.42 bits per heavy atom. The Balaban J connectivity index is 2.18. The molecule has 0 radical (unpaired) electrons. The summed E-state index contributed by atoms with van der Waals surface area (Å²) < 4.78 is 0. The van der Waals surface area contributed by atoms with E-state index in [2.05, 4.69) is 5.32 Å². The van der Waals surface area contributed by atoms with E-state index in [1.807, 2.05) is 25.1 Å². The maximum absolute atomic E-state index is 12.0. The van der Waals surface area contributed by atoms with Crippen LogP contribution in [0.1, 0.15) is 25.3 Å². The van der Waals surface area contributed by atoms with E-state index >= 15 is 0 Å². The van der Waals surface area contributed by atoms with Crippen molar-refractivity contribution in [2.45, 2.75) is 32.4 Å². The highest BCUT2D eigenvalue weighted by Gasteiger charge is 2.33. The number of hydrogen-bond donors (Lipinski definition) is 1. The third-order valence-corrected chi connectivity index (χ3v) is 3.45. The molecule has 2 amide bonds. The minimum Gasteiger partial charge on any atom is -0.345 e. The average Bonchev–Trinajstić information content (AvgIpc) is 2.38. The van der Waals surface area contributed by atoms with E-state index in [0.717, 1.165) is 12.0 Å². The topological polar surface area (TPSA) is 49.4 Å². The molecule has 19 heavy (non-hydrogen) atoms. The van der Waals surface area contributed by atoms with Gasteiger partial charge in [-0.3, -0.25) is 9.59 Å². The van der Waals surface area contributed by atoms with Crippen LogP contribution in [0, 0.1) is 0 Å². The monoisotopic (exact) mass is 280 g/mol. The predicted octanol–water partition coefficient (Wildman–Crippen LogP) is 1.97. The summed E-state index contributed by atoms with van der Waals surface area (Å²) in [6.45, 7) is 2.51. The first-order valence-corrected chi connectivity index (χ1v) is 6.81. The van der Waals surface area contributed by atoms with Crippen molar-refractivity contribution in [2.75, 3.05) is 6.54 Å². The van der Waals surface area contributed by atoms with E-state index in [0.29, 0.717) is 18.0 Å². The lowest BCUT2D eigenvalue weighted by Crippen LogP contribution is -2.57. The molecule has 0 bridgehead atoms. The Morgan fingerprint density at radius 3 is 2.89 bits per heavy atom. The van der Waals surface area contributed by atoms with Crippen molar-refractivity contribution in [3.05, 3.63) is 34.9 Å². The van der Waals surface area contributed by atoms with Gasteiger partial charge in [0, 0.05) is 11.6 Å². The summed E-state index contributed by atoms with van der Waals surface area (Å²) in [7, 11) is 0. The molecule has 5 heteroatoms. The Bertz CT molecular complexity index is 490. The van der Waals surface area contributed by atoms with Crippen LogP contribution < -0.4 is 5.32 Å². The minimum atomic E-state index is -0.370. The van der Waals surface area contributed by atoms with Gasteiger partial charge in [0.05, 0.1) is 6.54 Å². The predicted molar refractivity (Wildman–Crippen MR) is 73.7 cm³/mol. The van der Waals surface area contributed by atoms with Crippen molar-refractivity contribution >= 4 is 23.4 Å². The first-order valence-electron chi connectivity index (χ1n) is 6.43. The van der Waals surface area contributed by atoms with Crippen molar-refractivity contribution < 1.29 is 9.59 Å². The van der Waals surface area contributed by atoms with Crippen LogP contribution in [-0.2, 0) is 16.1 Å². The number of hydrogen-bond acceptors (Lipinski definition) is 2. The van der Waals surface area contributed by atoms with Gasteiger partial charge in [0.25, 0.3) is 0 Å². The van der Waals surface area contributed by atoms with Crippen LogP contribution in [-0.4, -0.2) is 29.3 Å². The molecule has 2 rings (SSSR count). The average molecular weight is 281 g/mol. The van der Waals surface area contributed by atoms with Gasteiger partial charge in [-0.05, 0) is 24.1 Å². The summed E-state index contributed by atoms with van der Waals surface area (Å²) in [5, 5.41) is 3.28. The van der Waals surface area contributed by atoms with Gasteiger partial charge in [-0.15, -0.1) is 0 Å². The molecular formula is C14H17ClN2O2. The zero-order chi connectivity index (χ0) is 13.8. The van der Waals surface area contributed by atoms with E-state index in [-0.39, 0.29) is 24.4 Å². The van der Waals surface area contributed by atoms with Crippen LogP contribution in [0.4, 0.5) is 0 Å². The standard InChI is InChI=1S/C14H17ClN2O2/c1-2-4-12-14(19)16-8-13(18)17(12)9-10-5-3-6-11(15)7-10/h3,5-7,12H,2,4,8-9H2,1H3,(H,16,19). The fourth-order valence-corrected chi connectivity index (χ4v) is 2.50. The molecule has 1 aromatic carbocycles. The molecule has 1 atom stereocenters. The second-order valence-corrected chi connectivity index (χ2v) is 5.11. The summed E-state index contributed by atoms with van der Waals surface area (Å²) in [4.78, 5) is 25.5. The van der Waals surface area contributed by atoms with Gasteiger partial charge in [-0.25, -0.2) is 0 Å². The normalized spacial score (nSPS) is 19.5. The maximum atomic E-state index is 12.0. The van der Waals surface area contributed by atoms with Crippen LogP contribution in [0.3, 0.4) is 0 Å². The summed E-state index contributed by atoms with van der Waals surface area (Å²) >= 11 is 5.94. The maximum Gasteiger partial charge on any atom is 0.243 e. The smallest absolute Gasteiger partial charge is 0.243 e. The van der Waals surface area contributed by atoms with Crippen LogP contribution >= 0.6 is 11.6 Å². The fraction of sp³-hybridized carbons (Fsp3) is 0.429. The van der Waals surface area contributed by atoms with E-state index in [4.69, 9.17) is 11.6 Å². The molecule has 0 saturated carbocycles. The van der Waals surface area contributed by atoms with E-state index < -0.39 is 0 Å². The third kappa shape index (κ3) is 3.26. The molecule has 1 unspecified atom stereocenters. The Hall–Kier alpha value is -1.55. The molecule has 4 nitrogen and oxygen atoms in total. The highest BCUT2D eigenvalue weighted by molar-refractivity contribution is 6.30. The van der Waals surface area contributed by atoms with Crippen molar-refractivity contribution in [3.8, 4) is 0 Å². The second kappa shape index (κ2) is 6.06. The number of nitrogens with one attached hydrogen (secondary N) is 1. The van der Waals surface area contributed by atoms with E-state index in [9.17, 15) is 9.59 Å². The third-order valence-electron chi connectivity index (χ3n) is 3.22. The lowest BCUT2D eigenvalue weighted by Gasteiger charge is -2.35. The first kappa shape index (κ1) is 13.9. The molecule has 1 aliphatic heterocycles. The number of nitrogens with zero attached hydrogens (tertiary/aromatic N) is 1. The molecular weight excluding hydrogens is 264 g/mol. The van der Waals surface area contributed by atoms with Gasteiger partial charge >= 0.3 is 0 Å². The summed E-state index contributed by atoms with van der Waals surface area (Å²) in [6, 6.07) is 7.00. The van der Waals surface area contributed by atoms with Crippen LogP contribution in [0.25, 0.3) is 0 Å². The van der Waals surface area contributed by atoms with Gasteiger partial charge in [-0.1, -0.05) is 37.1 Å². The molecule has 0 aromatic heterocycles. The van der Waals surface area contributed by atoms with Crippen molar-refractivity contribution in [1.82, 2.24) is 10.2 Å². The quantitative estimate of drug-likeness (QED) is 0.917. The second-order valence-electron chi connectivity index (χ2n) is 4.67. The molecule has 1 fully saturated rings. The summed E-state index contributed by atoms with van der Waals surface area (Å²) in [6.07, 6.45) is 1.54. The van der Waals surface area contributed by atoms with Crippen LogP contribution in [0.2, 0.25) is 5.02 Å². The lowest BCUT2D eigenvalue weighted by molar-refractivity contribution is -0.146.